The summed E-state index contributed by atoms with van der Waals surface area (Å²) in [6, 6.07) is 7.45. The van der Waals surface area contributed by atoms with Gasteiger partial charge in [0.1, 0.15) is 6.17 Å². The number of sulfone groups is 1. The predicted molar refractivity (Wildman–Crippen MR) is 130 cm³/mol. The summed E-state index contributed by atoms with van der Waals surface area (Å²) >= 11 is 0. The molecule has 0 radical (unpaired) electrons. The Kier molecular flexibility index (Phi) is 8.31. The maximum absolute atomic E-state index is 12.6. The highest BCUT2D eigenvalue weighted by Crippen LogP contribution is 2.25. The Balaban J connectivity index is 1.56. The largest absolute Gasteiger partial charge is 0.370 e. The molecule has 0 fully saturated rings. The number of nitrogens with zero attached hydrogens (tertiary/aromatic N) is 2. The molecule has 2 heterocycles. The zero-order chi connectivity index (χ0) is 23.8. The van der Waals surface area contributed by atoms with Gasteiger partial charge in [0, 0.05) is 43.5 Å². The lowest BCUT2D eigenvalue weighted by molar-refractivity contribution is 0.243. The molecule has 2 amide bonds. The molecular weight excluding hydrogens is 444 g/mol. The minimum absolute atomic E-state index is 0.0183. The van der Waals surface area contributed by atoms with Gasteiger partial charge >= 0.3 is 6.03 Å². The van der Waals surface area contributed by atoms with Crippen molar-refractivity contribution in [3.8, 4) is 0 Å². The van der Waals surface area contributed by atoms with E-state index in [-0.39, 0.29) is 36.2 Å². The summed E-state index contributed by atoms with van der Waals surface area (Å²) in [4.78, 5) is 18.1. The van der Waals surface area contributed by atoms with E-state index in [0.29, 0.717) is 19.5 Å². The number of guanidine groups is 1. The number of anilines is 1. The Hall–Kier alpha value is -3.09. The van der Waals surface area contributed by atoms with Crippen molar-refractivity contribution in [1.82, 2.24) is 16.0 Å². The first-order valence-corrected chi connectivity index (χ1v) is 12.6. The fourth-order valence-electron chi connectivity index (χ4n) is 3.53. The standard InChI is InChI=1S/C21H32N8O3S/c22-7-11-33(31,32)10-6-17-12-16-14-29(21(30)28-19(16)27-17)18-4-2-15(3-5-18)13-25-8-1-9-26-20(23)24/h2-5,12,14,19,25,27H,1,6-11,13,22H2,(H,28,30)(H4,23,24,26). The summed E-state index contributed by atoms with van der Waals surface area (Å²) in [5.74, 6) is 0.0920. The van der Waals surface area contributed by atoms with Gasteiger partial charge in [-0.3, -0.25) is 9.89 Å². The number of carbonyl (C=O) groups is 1. The third kappa shape index (κ3) is 7.20. The van der Waals surface area contributed by atoms with Crippen LogP contribution >= 0.6 is 0 Å². The van der Waals surface area contributed by atoms with Crippen molar-refractivity contribution in [1.29, 1.82) is 0 Å². The number of rotatable bonds is 12. The van der Waals surface area contributed by atoms with E-state index in [9.17, 15) is 13.2 Å². The first-order valence-electron chi connectivity index (χ1n) is 10.8. The molecule has 0 bridgehead atoms. The monoisotopic (exact) mass is 476 g/mol. The summed E-state index contributed by atoms with van der Waals surface area (Å²) < 4.78 is 23.8. The van der Waals surface area contributed by atoms with Crippen molar-refractivity contribution < 1.29 is 13.2 Å². The highest BCUT2D eigenvalue weighted by molar-refractivity contribution is 7.91. The molecule has 0 saturated carbocycles. The number of allylic oxidation sites excluding steroid dienone is 1. The van der Waals surface area contributed by atoms with Gasteiger partial charge < -0.3 is 33.2 Å². The van der Waals surface area contributed by atoms with E-state index in [2.05, 4.69) is 20.9 Å². The first-order chi connectivity index (χ1) is 15.8. The van der Waals surface area contributed by atoms with Gasteiger partial charge in [-0.25, -0.2) is 13.2 Å². The van der Waals surface area contributed by atoms with Gasteiger partial charge in [0.25, 0.3) is 0 Å². The third-order valence-corrected chi connectivity index (χ3v) is 6.91. The number of hydrogen-bond donors (Lipinski definition) is 6. The number of nitrogens with one attached hydrogen (secondary N) is 3. The molecule has 0 aliphatic carbocycles. The lowest BCUT2D eigenvalue weighted by Gasteiger charge is -2.29. The van der Waals surface area contributed by atoms with Gasteiger partial charge in [-0.1, -0.05) is 12.1 Å². The molecular formula is C21H32N8O3S. The quantitative estimate of drug-likeness (QED) is 0.132. The molecule has 1 unspecified atom stereocenters. The van der Waals surface area contributed by atoms with E-state index < -0.39 is 9.84 Å². The summed E-state index contributed by atoms with van der Waals surface area (Å²) in [5, 5.41) is 9.40. The maximum Gasteiger partial charge on any atom is 0.327 e. The highest BCUT2D eigenvalue weighted by Gasteiger charge is 2.31. The molecule has 11 nitrogen and oxygen atoms in total. The normalized spacial score (nSPS) is 17.5. The van der Waals surface area contributed by atoms with Crippen LogP contribution in [0.5, 0.6) is 0 Å². The predicted octanol–water partition coefficient (Wildman–Crippen LogP) is -0.570. The molecule has 1 aromatic rings. The van der Waals surface area contributed by atoms with Crippen LogP contribution in [0.1, 0.15) is 18.4 Å². The maximum atomic E-state index is 12.6. The molecule has 3 rings (SSSR count). The molecule has 12 heteroatoms. The van der Waals surface area contributed by atoms with Crippen LogP contribution in [-0.2, 0) is 16.4 Å². The number of carbonyl (C=O) groups excluding carboxylic acids is 1. The topological polar surface area (TPSA) is 181 Å². The molecule has 9 N–H and O–H groups in total. The van der Waals surface area contributed by atoms with Gasteiger partial charge in [0.2, 0.25) is 0 Å². The Morgan fingerprint density at radius 3 is 2.61 bits per heavy atom. The number of fused-ring (bicyclic) bond motifs is 1. The van der Waals surface area contributed by atoms with E-state index in [0.717, 1.165) is 35.5 Å². The van der Waals surface area contributed by atoms with Crippen LogP contribution < -0.4 is 38.1 Å². The smallest absolute Gasteiger partial charge is 0.327 e. The Morgan fingerprint density at radius 2 is 1.91 bits per heavy atom. The van der Waals surface area contributed by atoms with Gasteiger partial charge in [-0.05, 0) is 36.7 Å². The van der Waals surface area contributed by atoms with Crippen molar-refractivity contribution in [3.05, 3.63) is 53.4 Å². The Bertz CT molecular complexity index is 1030. The van der Waals surface area contributed by atoms with E-state index in [4.69, 9.17) is 17.2 Å². The van der Waals surface area contributed by atoms with Crippen LogP contribution in [-0.4, -0.2) is 57.7 Å². The summed E-state index contributed by atoms with van der Waals surface area (Å²) in [6.45, 7) is 2.18. The lowest BCUT2D eigenvalue weighted by atomic mass is 10.1. The van der Waals surface area contributed by atoms with E-state index >= 15 is 0 Å². The van der Waals surface area contributed by atoms with Gasteiger partial charge in [-0.2, -0.15) is 0 Å². The molecule has 2 aliphatic heterocycles. The number of hydrogen-bond acceptors (Lipinski definition) is 7. The van der Waals surface area contributed by atoms with Crippen LogP contribution in [0.15, 0.2) is 52.8 Å². The second-order valence-electron chi connectivity index (χ2n) is 7.89. The summed E-state index contributed by atoms with van der Waals surface area (Å²) in [6.07, 6.45) is 4.48. The summed E-state index contributed by atoms with van der Waals surface area (Å²) in [7, 11) is -3.18. The van der Waals surface area contributed by atoms with Crippen LogP contribution in [0.25, 0.3) is 0 Å². The van der Waals surface area contributed by atoms with E-state index in [1.807, 2.05) is 30.3 Å². The fourth-order valence-corrected chi connectivity index (χ4v) is 4.62. The number of amides is 2. The molecule has 1 atom stereocenters. The lowest BCUT2D eigenvalue weighted by Crippen LogP contribution is -2.51. The Morgan fingerprint density at radius 1 is 1.15 bits per heavy atom. The Labute approximate surface area is 194 Å². The molecule has 33 heavy (non-hydrogen) atoms. The number of benzene rings is 1. The highest BCUT2D eigenvalue weighted by atomic mass is 32.2. The van der Waals surface area contributed by atoms with E-state index in [1.54, 1.807) is 11.1 Å². The minimum Gasteiger partial charge on any atom is -0.370 e. The zero-order valence-corrected chi connectivity index (χ0v) is 19.3. The third-order valence-electron chi connectivity index (χ3n) is 5.23. The van der Waals surface area contributed by atoms with Crippen molar-refractivity contribution in [2.75, 3.05) is 36.0 Å². The van der Waals surface area contributed by atoms with E-state index in [1.165, 1.54) is 0 Å². The van der Waals surface area contributed by atoms with Crippen molar-refractivity contribution >= 4 is 27.5 Å². The average Bonchev–Trinajstić information content (AvgIpc) is 3.16. The van der Waals surface area contributed by atoms with Gasteiger partial charge in [-0.15, -0.1) is 0 Å². The van der Waals surface area contributed by atoms with Crippen LogP contribution in [0.3, 0.4) is 0 Å². The zero-order valence-electron chi connectivity index (χ0n) is 18.5. The molecule has 0 saturated heterocycles. The van der Waals surface area contributed by atoms with Gasteiger partial charge in [0.05, 0.1) is 17.2 Å². The number of aliphatic imine (C=N–C) groups is 1. The molecule has 0 aromatic heterocycles. The fraction of sp³-hybridized carbons (Fsp3) is 0.429. The molecule has 2 aliphatic rings. The molecule has 1 aromatic carbocycles. The van der Waals surface area contributed by atoms with Crippen LogP contribution in [0.4, 0.5) is 10.5 Å². The van der Waals surface area contributed by atoms with Crippen LogP contribution in [0, 0.1) is 0 Å². The first kappa shape index (κ1) is 24.6. The summed E-state index contributed by atoms with van der Waals surface area (Å²) in [5.41, 5.74) is 19.4. The average molecular weight is 477 g/mol. The van der Waals surface area contributed by atoms with Crippen LogP contribution in [0.2, 0.25) is 0 Å². The number of urea groups is 1. The van der Waals surface area contributed by atoms with Crippen molar-refractivity contribution in [3.63, 3.8) is 0 Å². The second kappa shape index (κ2) is 11.2. The minimum atomic E-state index is -3.18. The number of nitrogens with two attached hydrogens (primary N) is 3. The van der Waals surface area contributed by atoms with Crippen molar-refractivity contribution in [2.45, 2.75) is 25.6 Å². The second-order valence-corrected chi connectivity index (χ2v) is 10.2. The van der Waals surface area contributed by atoms with Crippen molar-refractivity contribution in [2.24, 2.45) is 22.2 Å². The molecule has 180 valence electrons. The SMILES string of the molecule is NCCS(=O)(=O)CCC1=CC2=CN(c3ccc(CNCCCN=C(N)N)cc3)C(=O)NC2N1. The van der Waals surface area contributed by atoms with Gasteiger partial charge in [0.15, 0.2) is 15.8 Å². The molecule has 0 spiro atoms.